The van der Waals surface area contributed by atoms with Crippen LogP contribution in [0.1, 0.15) is 18.1 Å². The highest BCUT2D eigenvalue weighted by Crippen LogP contribution is 2.47. The Bertz CT molecular complexity index is 1030. The Kier molecular flexibility index (Phi) is 3.77. The maximum absolute atomic E-state index is 13.0. The van der Waals surface area contributed by atoms with Gasteiger partial charge in [0.05, 0.1) is 7.11 Å². The van der Waals surface area contributed by atoms with Gasteiger partial charge in [0.1, 0.15) is 17.0 Å². The summed E-state index contributed by atoms with van der Waals surface area (Å²) in [6.07, 6.45) is 3.64. The molecule has 1 aliphatic heterocycles. The van der Waals surface area contributed by atoms with Crippen molar-refractivity contribution in [2.24, 2.45) is 7.05 Å². The molecule has 1 unspecified atom stereocenters. The molecule has 2 heterocycles. The molecule has 1 amide bonds. The van der Waals surface area contributed by atoms with E-state index in [0.717, 1.165) is 28.2 Å². The molecule has 4 rings (SSSR count). The summed E-state index contributed by atoms with van der Waals surface area (Å²) in [5.41, 5.74) is 2.44. The molecule has 5 nitrogen and oxygen atoms in total. The van der Waals surface area contributed by atoms with E-state index in [9.17, 15) is 4.79 Å². The van der Waals surface area contributed by atoms with E-state index in [1.54, 1.807) is 25.4 Å². The Hall–Kier alpha value is -2.79. The number of rotatable bonds is 3. The van der Waals surface area contributed by atoms with E-state index in [1.807, 2.05) is 49.0 Å². The maximum Gasteiger partial charge on any atom is 0.239 e. The Morgan fingerprint density at radius 2 is 2.00 bits per heavy atom. The molecular formula is C20H18ClN3O2. The average molecular weight is 368 g/mol. The van der Waals surface area contributed by atoms with E-state index in [2.05, 4.69) is 10.3 Å². The molecule has 0 bridgehead atoms. The molecule has 0 fully saturated rings. The van der Waals surface area contributed by atoms with Crippen molar-refractivity contribution < 1.29 is 9.53 Å². The number of fused-ring (bicyclic) bond motifs is 1. The number of aromatic nitrogens is 2. The first-order chi connectivity index (χ1) is 12.4. The second-order valence-corrected chi connectivity index (χ2v) is 6.98. The van der Waals surface area contributed by atoms with Crippen molar-refractivity contribution in [3.8, 4) is 17.1 Å². The fourth-order valence-electron chi connectivity index (χ4n) is 3.57. The van der Waals surface area contributed by atoms with Gasteiger partial charge in [-0.3, -0.25) is 4.79 Å². The minimum absolute atomic E-state index is 0.106. The van der Waals surface area contributed by atoms with Gasteiger partial charge in [0, 0.05) is 41.3 Å². The number of methoxy groups -OCH3 is 1. The normalized spacial score (nSPS) is 18.5. The number of hydrogen-bond donors (Lipinski definition) is 1. The topological polar surface area (TPSA) is 56.2 Å². The highest BCUT2D eigenvalue weighted by Gasteiger charge is 2.46. The van der Waals surface area contributed by atoms with Gasteiger partial charge in [-0.2, -0.15) is 0 Å². The van der Waals surface area contributed by atoms with Crippen LogP contribution in [0.3, 0.4) is 0 Å². The lowest BCUT2D eigenvalue weighted by atomic mass is 9.76. The molecule has 1 aromatic heterocycles. The average Bonchev–Trinajstić information content (AvgIpc) is 3.16. The number of carbonyl (C=O) groups is 1. The van der Waals surface area contributed by atoms with E-state index in [1.165, 1.54) is 0 Å². The molecule has 1 aliphatic rings. The number of ether oxygens (including phenoxy) is 1. The van der Waals surface area contributed by atoms with Crippen LogP contribution in [0.25, 0.3) is 11.4 Å². The number of halogens is 1. The van der Waals surface area contributed by atoms with Crippen LogP contribution in [0.2, 0.25) is 5.02 Å². The molecule has 0 saturated heterocycles. The number of amides is 1. The van der Waals surface area contributed by atoms with Crippen molar-refractivity contribution in [1.29, 1.82) is 0 Å². The number of nitrogens with zero attached hydrogens (tertiary/aromatic N) is 2. The number of anilines is 1. The molecule has 3 aromatic rings. The highest BCUT2D eigenvalue weighted by atomic mass is 35.5. The van der Waals surface area contributed by atoms with Crippen molar-refractivity contribution in [2.45, 2.75) is 12.3 Å². The van der Waals surface area contributed by atoms with Crippen LogP contribution in [0.4, 0.5) is 5.69 Å². The Morgan fingerprint density at radius 3 is 2.69 bits per heavy atom. The van der Waals surface area contributed by atoms with Crippen molar-refractivity contribution in [2.75, 3.05) is 12.4 Å². The van der Waals surface area contributed by atoms with Crippen molar-refractivity contribution >= 4 is 23.2 Å². The molecule has 1 N–H and O–H groups in total. The Balaban J connectivity index is 1.95. The molecule has 2 aromatic carbocycles. The molecule has 0 spiro atoms. The molecule has 26 heavy (non-hydrogen) atoms. The second-order valence-electron chi connectivity index (χ2n) is 6.55. The standard InChI is InChI=1S/C20H18ClN3O2/c1-20(14-6-5-13(21)11-16(14)23-19(20)25)15-10-12(4-7-17(15)26-3)18-22-8-9-24(18)2/h4-11H,1-3H3,(H,23,25). The first-order valence-corrected chi connectivity index (χ1v) is 8.60. The van der Waals surface area contributed by atoms with Gasteiger partial charge in [-0.05, 0) is 42.8 Å². The molecule has 1 atom stereocenters. The third-order valence-electron chi connectivity index (χ3n) is 5.04. The minimum atomic E-state index is -0.883. The van der Waals surface area contributed by atoms with Gasteiger partial charge in [-0.25, -0.2) is 4.98 Å². The van der Waals surface area contributed by atoms with Gasteiger partial charge in [0.15, 0.2) is 0 Å². The van der Waals surface area contributed by atoms with E-state index in [-0.39, 0.29) is 5.91 Å². The zero-order valence-electron chi connectivity index (χ0n) is 14.7. The van der Waals surface area contributed by atoms with Crippen LogP contribution < -0.4 is 10.1 Å². The van der Waals surface area contributed by atoms with Gasteiger partial charge in [-0.1, -0.05) is 17.7 Å². The Labute approximate surface area is 156 Å². The van der Waals surface area contributed by atoms with Crippen LogP contribution in [0, 0.1) is 0 Å². The van der Waals surface area contributed by atoms with Crippen LogP contribution >= 0.6 is 11.6 Å². The largest absolute Gasteiger partial charge is 0.496 e. The van der Waals surface area contributed by atoms with Crippen LogP contribution in [-0.4, -0.2) is 22.6 Å². The van der Waals surface area contributed by atoms with Crippen LogP contribution in [0.15, 0.2) is 48.8 Å². The SMILES string of the molecule is COc1ccc(-c2nccn2C)cc1C1(C)C(=O)Nc2cc(Cl)ccc21. The van der Waals surface area contributed by atoms with E-state index in [0.29, 0.717) is 10.8 Å². The third-order valence-corrected chi connectivity index (χ3v) is 5.28. The Morgan fingerprint density at radius 1 is 1.19 bits per heavy atom. The lowest BCUT2D eigenvalue weighted by molar-refractivity contribution is -0.119. The van der Waals surface area contributed by atoms with Crippen LogP contribution in [0.5, 0.6) is 5.75 Å². The van der Waals surface area contributed by atoms with Gasteiger partial charge >= 0.3 is 0 Å². The van der Waals surface area contributed by atoms with Gasteiger partial charge < -0.3 is 14.6 Å². The summed E-state index contributed by atoms with van der Waals surface area (Å²) in [5, 5.41) is 3.53. The summed E-state index contributed by atoms with van der Waals surface area (Å²) in [5.74, 6) is 1.38. The summed E-state index contributed by atoms with van der Waals surface area (Å²) < 4.78 is 7.52. The second kappa shape index (κ2) is 5.88. The van der Waals surface area contributed by atoms with Gasteiger partial charge in [0.2, 0.25) is 5.91 Å². The summed E-state index contributed by atoms with van der Waals surface area (Å²) in [7, 11) is 3.55. The van der Waals surface area contributed by atoms with E-state index in [4.69, 9.17) is 16.3 Å². The molecule has 0 saturated carbocycles. The van der Waals surface area contributed by atoms with Crippen LogP contribution in [-0.2, 0) is 17.3 Å². The predicted molar refractivity (Wildman–Crippen MR) is 102 cm³/mol. The minimum Gasteiger partial charge on any atom is -0.496 e. The zero-order valence-corrected chi connectivity index (χ0v) is 15.5. The molecule has 132 valence electrons. The number of nitrogens with one attached hydrogen (secondary N) is 1. The summed E-state index contributed by atoms with van der Waals surface area (Å²) >= 11 is 6.09. The molecule has 0 aliphatic carbocycles. The monoisotopic (exact) mass is 367 g/mol. The van der Waals surface area contributed by atoms with Gasteiger partial charge in [0.25, 0.3) is 0 Å². The van der Waals surface area contributed by atoms with E-state index >= 15 is 0 Å². The molecule has 6 heteroatoms. The maximum atomic E-state index is 13.0. The zero-order chi connectivity index (χ0) is 18.5. The highest BCUT2D eigenvalue weighted by molar-refractivity contribution is 6.31. The van der Waals surface area contributed by atoms with Crippen molar-refractivity contribution in [3.63, 3.8) is 0 Å². The summed E-state index contributed by atoms with van der Waals surface area (Å²) in [4.78, 5) is 17.4. The van der Waals surface area contributed by atoms with E-state index < -0.39 is 5.41 Å². The van der Waals surface area contributed by atoms with Gasteiger partial charge in [-0.15, -0.1) is 0 Å². The lowest BCUT2D eigenvalue weighted by Gasteiger charge is -2.25. The molecule has 0 radical (unpaired) electrons. The third kappa shape index (κ3) is 2.31. The smallest absolute Gasteiger partial charge is 0.239 e. The summed E-state index contributed by atoms with van der Waals surface area (Å²) in [6.45, 7) is 1.90. The first-order valence-electron chi connectivity index (χ1n) is 8.23. The molecular weight excluding hydrogens is 350 g/mol. The number of aryl methyl sites for hydroxylation is 1. The predicted octanol–water partition coefficient (Wildman–Crippen LogP) is 4.01. The lowest BCUT2D eigenvalue weighted by Crippen LogP contribution is -2.32. The number of imidazole rings is 1. The fourth-order valence-corrected chi connectivity index (χ4v) is 3.75. The number of benzene rings is 2. The number of hydrogen-bond acceptors (Lipinski definition) is 3. The first kappa shape index (κ1) is 16.7. The quantitative estimate of drug-likeness (QED) is 0.761. The summed E-state index contributed by atoms with van der Waals surface area (Å²) in [6, 6.07) is 11.3. The van der Waals surface area contributed by atoms with Crippen molar-refractivity contribution in [1.82, 2.24) is 9.55 Å². The van der Waals surface area contributed by atoms with Crippen molar-refractivity contribution in [3.05, 3.63) is 64.9 Å². The fraction of sp³-hybridized carbons (Fsp3) is 0.200. The number of carbonyl (C=O) groups excluding carboxylic acids is 1.